The number of hydrogen-bond donors (Lipinski definition) is 0. The average molecular weight is 460 g/mol. The number of hydrogen-bond acceptors (Lipinski definition) is 5. The highest BCUT2D eigenvalue weighted by atomic mass is 19.1. The number of nitrogens with zero attached hydrogens (tertiary/aromatic N) is 5. The van der Waals surface area contributed by atoms with Crippen LogP contribution in [0.4, 0.5) is 15.9 Å². The first-order valence-electron chi connectivity index (χ1n) is 12.5. The van der Waals surface area contributed by atoms with E-state index < -0.39 is 0 Å². The fraction of sp³-hybridized carbons (Fsp3) is 0.444. The van der Waals surface area contributed by atoms with Crippen LogP contribution in [0.25, 0.3) is 10.9 Å². The molecule has 2 aliphatic carbocycles. The predicted molar refractivity (Wildman–Crippen MR) is 132 cm³/mol. The Bertz CT molecular complexity index is 1200. The van der Waals surface area contributed by atoms with Gasteiger partial charge in [0.2, 0.25) is 5.91 Å². The van der Waals surface area contributed by atoms with E-state index in [2.05, 4.69) is 17.0 Å². The number of amides is 1. The standard InChI is InChI=1S/C27H30FN5O/c28-22-6-2-4-8-24(22)31-15-17-32(18-16-31)25(34)13-14-33(20-11-12-20)27-21-5-1-3-7-23(21)29-26(30-27)19-9-10-19/h1-8,19-20H,9-18H2. The molecule has 6 rings (SSSR count). The number of piperazine rings is 1. The first-order valence-corrected chi connectivity index (χ1v) is 12.5. The summed E-state index contributed by atoms with van der Waals surface area (Å²) in [7, 11) is 0. The number of benzene rings is 2. The Morgan fingerprint density at radius 3 is 2.41 bits per heavy atom. The molecule has 0 atom stereocenters. The van der Waals surface area contributed by atoms with Crippen LogP contribution in [-0.2, 0) is 4.79 Å². The number of carbonyl (C=O) groups excluding carboxylic acids is 1. The van der Waals surface area contributed by atoms with Crippen molar-refractivity contribution in [2.45, 2.75) is 44.1 Å². The third-order valence-electron chi connectivity index (χ3n) is 7.19. The van der Waals surface area contributed by atoms with Crippen molar-refractivity contribution in [2.75, 3.05) is 42.5 Å². The normalized spacial score (nSPS) is 18.4. The molecule has 3 fully saturated rings. The number of para-hydroxylation sites is 2. The van der Waals surface area contributed by atoms with E-state index in [-0.39, 0.29) is 11.7 Å². The van der Waals surface area contributed by atoms with Crippen LogP contribution in [0.1, 0.15) is 43.8 Å². The van der Waals surface area contributed by atoms with Crippen molar-refractivity contribution in [3.05, 3.63) is 60.2 Å². The number of rotatable bonds is 7. The van der Waals surface area contributed by atoms with Crippen LogP contribution in [0.15, 0.2) is 48.5 Å². The molecule has 2 heterocycles. The number of halogens is 1. The number of aromatic nitrogens is 2. The second-order valence-electron chi connectivity index (χ2n) is 9.69. The highest BCUT2D eigenvalue weighted by Gasteiger charge is 2.34. The summed E-state index contributed by atoms with van der Waals surface area (Å²) in [5.41, 5.74) is 1.62. The molecule has 1 saturated heterocycles. The summed E-state index contributed by atoms with van der Waals surface area (Å²) in [5.74, 6) is 2.39. The summed E-state index contributed by atoms with van der Waals surface area (Å²) in [6.45, 7) is 3.22. The van der Waals surface area contributed by atoms with Gasteiger partial charge in [0.05, 0.1) is 11.2 Å². The van der Waals surface area contributed by atoms with Crippen molar-refractivity contribution < 1.29 is 9.18 Å². The summed E-state index contributed by atoms with van der Waals surface area (Å²) in [4.78, 5) is 29.3. The Hall–Kier alpha value is -3.22. The van der Waals surface area contributed by atoms with E-state index in [4.69, 9.17) is 9.97 Å². The molecule has 7 heteroatoms. The van der Waals surface area contributed by atoms with Crippen LogP contribution >= 0.6 is 0 Å². The van der Waals surface area contributed by atoms with Crippen molar-refractivity contribution in [1.82, 2.24) is 14.9 Å². The molecular formula is C27H30FN5O. The van der Waals surface area contributed by atoms with Crippen molar-refractivity contribution in [3.8, 4) is 0 Å². The van der Waals surface area contributed by atoms with Gasteiger partial charge in [0, 0.05) is 56.5 Å². The van der Waals surface area contributed by atoms with Gasteiger partial charge in [-0.05, 0) is 49.9 Å². The molecule has 3 aliphatic rings. The van der Waals surface area contributed by atoms with Gasteiger partial charge in [-0.15, -0.1) is 0 Å². The lowest BCUT2D eigenvalue weighted by molar-refractivity contribution is -0.131. The van der Waals surface area contributed by atoms with Gasteiger partial charge in [0.1, 0.15) is 17.5 Å². The van der Waals surface area contributed by atoms with Crippen LogP contribution in [0.5, 0.6) is 0 Å². The summed E-state index contributed by atoms with van der Waals surface area (Å²) in [5, 5.41) is 1.07. The Labute approximate surface area is 199 Å². The molecule has 0 unspecified atom stereocenters. The van der Waals surface area contributed by atoms with Gasteiger partial charge in [0.25, 0.3) is 0 Å². The molecule has 3 aromatic rings. The molecule has 34 heavy (non-hydrogen) atoms. The third kappa shape index (κ3) is 4.31. The Morgan fingerprint density at radius 1 is 0.941 bits per heavy atom. The summed E-state index contributed by atoms with van der Waals surface area (Å²) < 4.78 is 14.1. The Balaban J connectivity index is 1.14. The van der Waals surface area contributed by atoms with Crippen molar-refractivity contribution in [1.29, 1.82) is 0 Å². The van der Waals surface area contributed by atoms with Crippen LogP contribution in [0.2, 0.25) is 0 Å². The lowest BCUT2D eigenvalue weighted by atomic mass is 10.2. The van der Waals surface area contributed by atoms with E-state index >= 15 is 0 Å². The number of fused-ring (bicyclic) bond motifs is 1. The molecule has 0 N–H and O–H groups in total. The molecular weight excluding hydrogens is 429 g/mol. The number of carbonyl (C=O) groups is 1. The molecule has 2 aromatic carbocycles. The predicted octanol–water partition coefficient (Wildman–Crippen LogP) is 4.35. The van der Waals surface area contributed by atoms with Gasteiger partial charge in [0.15, 0.2) is 0 Å². The molecule has 0 bridgehead atoms. The lowest BCUT2D eigenvalue weighted by Gasteiger charge is -2.36. The van der Waals surface area contributed by atoms with Gasteiger partial charge in [-0.3, -0.25) is 4.79 Å². The molecule has 1 amide bonds. The zero-order valence-corrected chi connectivity index (χ0v) is 19.4. The molecule has 0 spiro atoms. The number of anilines is 2. The summed E-state index contributed by atoms with van der Waals surface area (Å²) in [6, 6.07) is 15.5. The van der Waals surface area contributed by atoms with E-state index in [1.165, 1.54) is 18.9 Å². The molecule has 0 radical (unpaired) electrons. The maximum atomic E-state index is 14.1. The van der Waals surface area contributed by atoms with Gasteiger partial charge in [-0.1, -0.05) is 24.3 Å². The minimum absolute atomic E-state index is 0.166. The largest absolute Gasteiger partial charge is 0.366 e. The van der Waals surface area contributed by atoms with E-state index in [1.54, 1.807) is 6.07 Å². The van der Waals surface area contributed by atoms with Crippen molar-refractivity contribution in [2.24, 2.45) is 0 Å². The van der Waals surface area contributed by atoms with Gasteiger partial charge in [-0.2, -0.15) is 0 Å². The fourth-order valence-electron chi connectivity index (χ4n) is 4.95. The first-order chi connectivity index (χ1) is 16.7. The quantitative estimate of drug-likeness (QED) is 0.526. The topological polar surface area (TPSA) is 52.6 Å². The van der Waals surface area contributed by atoms with E-state index in [9.17, 15) is 9.18 Å². The maximum Gasteiger partial charge on any atom is 0.224 e. The molecule has 1 aromatic heterocycles. The first kappa shape index (κ1) is 21.3. The van der Waals surface area contributed by atoms with E-state index in [0.717, 1.165) is 35.4 Å². The van der Waals surface area contributed by atoms with Gasteiger partial charge >= 0.3 is 0 Å². The van der Waals surface area contributed by atoms with Crippen molar-refractivity contribution >= 4 is 28.3 Å². The van der Waals surface area contributed by atoms with E-state index in [0.29, 0.717) is 56.8 Å². The minimum atomic E-state index is -0.204. The Kier molecular flexibility index (Phi) is 5.55. The van der Waals surface area contributed by atoms with Crippen LogP contribution in [-0.4, -0.2) is 59.5 Å². The zero-order valence-electron chi connectivity index (χ0n) is 19.4. The lowest BCUT2D eigenvalue weighted by Crippen LogP contribution is -2.49. The van der Waals surface area contributed by atoms with E-state index in [1.807, 2.05) is 34.1 Å². The fourth-order valence-corrected chi connectivity index (χ4v) is 4.95. The summed E-state index contributed by atoms with van der Waals surface area (Å²) in [6.07, 6.45) is 5.09. The molecule has 176 valence electrons. The molecule has 2 saturated carbocycles. The maximum absolute atomic E-state index is 14.1. The highest BCUT2D eigenvalue weighted by Crippen LogP contribution is 2.41. The smallest absolute Gasteiger partial charge is 0.224 e. The van der Waals surface area contributed by atoms with Crippen molar-refractivity contribution in [3.63, 3.8) is 0 Å². The van der Waals surface area contributed by atoms with Gasteiger partial charge in [-0.25, -0.2) is 14.4 Å². The van der Waals surface area contributed by atoms with Crippen LogP contribution in [0.3, 0.4) is 0 Å². The van der Waals surface area contributed by atoms with Crippen LogP contribution in [0, 0.1) is 5.82 Å². The minimum Gasteiger partial charge on any atom is -0.366 e. The highest BCUT2D eigenvalue weighted by molar-refractivity contribution is 5.90. The Morgan fingerprint density at radius 2 is 1.68 bits per heavy atom. The molecule has 6 nitrogen and oxygen atoms in total. The van der Waals surface area contributed by atoms with Crippen LogP contribution < -0.4 is 9.80 Å². The SMILES string of the molecule is O=C(CCN(c1nc(C2CC2)nc2ccccc12)C1CC1)N1CCN(c2ccccc2F)CC1. The zero-order chi connectivity index (χ0) is 23.1. The average Bonchev–Trinajstić information content (AvgIpc) is 3.78. The monoisotopic (exact) mass is 459 g/mol. The second-order valence-corrected chi connectivity index (χ2v) is 9.69. The third-order valence-corrected chi connectivity index (χ3v) is 7.19. The molecule has 1 aliphatic heterocycles. The second kappa shape index (κ2) is 8.85. The summed E-state index contributed by atoms with van der Waals surface area (Å²) >= 11 is 0. The van der Waals surface area contributed by atoms with Gasteiger partial charge < -0.3 is 14.7 Å².